The van der Waals surface area contributed by atoms with Gasteiger partial charge in [0.05, 0.1) is 0 Å². The molecule has 0 spiro atoms. The molecule has 1 aromatic heterocycles. The van der Waals surface area contributed by atoms with Gasteiger partial charge in [0.15, 0.2) is 0 Å². The number of aryl methyl sites for hydroxylation is 1. The van der Waals surface area contributed by atoms with Crippen LogP contribution in [0.15, 0.2) is 54.7 Å². The molecule has 4 N–H and O–H groups in total. The zero-order valence-corrected chi connectivity index (χ0v) is 21.0. The maximum absolute atomic E-state index is 13.3. The molecular formula is C30H40N4O. The largest absolute Gasteiger partial charge is 0.353 e. The van der Waals surface area contributed by atoms with Gasteiger partial charge in [0, 0.05) is 48.1 Å². The van der Waals surface area contributed by atoms with Gasteiger partial charge in [-0.1, -0.05) is 48.0 Å². The van der Waals surface area contributed by atoms with Crippen LogP contribution in [0, 0.1) is 12.8 Å². The second kappa shape index (κ2) is 11.0. The molecule has 1 unspecified atom stereocenters. The van der Waals surface area contributed by atoms with Crippen LogP contribution in [0.25, 0.3) is 10.9 Å². The number of amides is 1. The van der Waals surface area contributed by atoms with E-state index in [0.717, 1.165) is 45.3 Å². The number of aromatic nitrogens is 1. The van der Waals surface area contributed by atoms with Gasteiger partial charge >= 0.3 is 0 Å². The normalized spacial score (nSPS) is 22.2. The number of benzene rings is 2. The Labute approximate surface area is 209 Å². The van der Waals surface area contributed by atoms with Gasteiger partial charge in [0.1, 0.15) is 0 Å². The molecule has 2 heterocycles. The maximum atomic E-state index is 13.3. The summed E-state index contributed by atoms with van der Waals surface area (Å²) in [5, 5.41) is 8.09. The molecule has 0 bridgehead atoms. The topological polar surface area (TPSA) is 72.1 Å². The number of piperidine rings is 1. The van der Waals surface area contributed by atoms with Crippen molar-refractivity contribution in [2.45, 2.75) is 76.4 Å². The number of nitrogens with two attached hydrogens (primary N) is 1. The summed E-state index contributed by atoms with van der Waals surface area (Å²) in [5.41, 5.74) is 11.1. The molecule has 1 aliphatic heterocycles. The summed E-state index contributed by atoms with van der Waals surface area (Å²) in [4.78, 5) is 13.3. The zero-order chi connectivity index (χ0) is 24.2. The van der Waals surface area contributed by atoms with Gasteiger partial charge in [-0.3, -0.25) is 4.79 Å². The van der Waals surface area contributed by atoms with Crippen LogP contribution in [0.3, 0.4) is 0 Å². The summed E-state index contributed by atoms with van der Waals surface area (Å²) in [6.45, 7) is 5.38. The minimum absolute atomic E-state index is 0.0277. The third-order valence-corrected chi connectivity index (χ3v) is 8.08. The van der Waals surface area contributed by atoms with Gasteiger partial charge in [0.25, 0.3) is 0 Å². The number of nitrogens with one attached hydrogen (secondary N) is 2. The van der Waals surface area contributed by atoms with Gasteiger partial charge in [-0.05, 0) is 81.6 Å². The molecule has 2 aliphatic rings. The molecule has 3 aromatic rings. The predicted octanol–water partition coefficient (Wildman–Crippen LogP) is 4.86. The van der Waals surface area contributed by atoms with E-state index in [1.165, 1.54) is 40.4 Å². The van der Waals surface area contributed by atoms with E-state index >= 15 is 0 Å². The molecule has 35 heavy (non-hydrogen) atoms. The van der Waals surface area contributed by atoms with Crippen molar-refractivity contribution < 1.29 is 4.79 Å². The maximum Gasteiger partial charge on any atom is 0.221 e. The number of carbonyl (C=O) groups is 1. The minimum atomic E-state index is 0.0277. The summed E-state index contributed by atoms with van der Waals surface area (Å²) in [5.74, 6) is 0.866. The molecule has 1 saturated heterocycles. The van der Waals surface area contributed by atoms with E-state index in [9.17, 15) is 4.79 Å². The first-order valence-electron chi connectivity index (χ1n) is 13.5. The highest BCUT2D eigenvalue weighted by Crippen LogP contribution is 2.36. The quantitative estimate of drug-likeness (QED) is 0.460. The first-order valence-corrected chi connectivity index (χ1v) is 13.5. The van der Waals surface area contributed by atoms with Crippen molar-refractivity contribution in [2.75, 3.05) is 13.1 Å². The van der Waals surface area contributed by atoms with Gasteiger partial charge in [-0.15, -0.1) is 0 Å². The summed E-state index contributed by atoms with van der Waals surface area (Å²) >= 11 is 0. The first kappa shape index (κ1) is 24.1. The average molecular weight is 473 g/mol. The van der Waals surface area contributed by atoms with Crippen molar-refractivity contribution >= 4 is 16.8 Å². The number of carbonyl (C=O) groups excluding carboxylic acids is 1. The first-order chi connectivity index (χ1) is 17.1. The van der Waals surface area contributed by atoms with E-state index < -0.39 is 0 Å². The molecule has 0 radical (unpaired) electrons. The Bertz CT molecular complexity index is 1140. The van der Waals surface area contributed by atoms with Crippen molar-refractivity contribution in [3.05, 3.63) is 71.4 Å². The second-order valence-electron chi connectivity index (χ2n) is 10.8. The molecule has 1 saturated carbocycles. The van der Waals surface area contributed by atoms with Crippen molar-refractivity contribution in [3.63, 3.8) is 0 Å². The van der Waals surface area contributed by atoms with Crippen LogP contribution in [0.5, 0.6) is 0 Å². The van der Waals surface area contributed by atoms with Crippen LogP contribution >= 0.6 is 0 Å². The van der Waals surface area contributed by atoms with Crippen molar-refractivity contribution in [3.8, 4) is 0 Å². The average Bonchev–Trinajstić information content (AvgIpc) is 3.23. The number of nitrogens with zero attached hydrogens (tertiary/aromatic N) is 1. The van der Waals surface area contributed by atoms with E-state index in [1.54, 1.807) is 0 Å². The van der Waals surface area contributed by atoms with Gasteiger partial charge in [-0.25, -0.2) is 0 Å². The SMILES string of the molecule is Cc1cccc(C(CC(=O)NC2CCC(N)CC2)c2cn(CC3CCNCC3)c3ccccc23)c1. The lowest BCUT2D eigenvalue weighted by atomic mass is 9.86. The van der Waals surface area contributed by atoms with Crippen LogP contribution in [0.4, 0.5) is 0 Å². The van der Waals surface area contributed by atoms with Crippen molar-refractivity contribution in [1.82, 2.24) is 15.2 Å². The van der Waals surface area contributed by atoms with Crippen LogP contribution < -0.4 is 16.4 Å². The van der Waals surface area contributed by atoms with Crippen LogP contribution in [0.2, 0.25) is 0 Å². The number of rotatable bonds is 7. The lowest BCUT2D eigenvalue weighted by molar-refractivity contribution is -0.122. The minimum Gasteiger partial charge on any atom is -0.353 e. The van der Waals surface area contributed by atoms with E-state index in [2.05, 4.69) is 76.9 Å². The molecule has 5 nitrogen and oxygen atoms in total. The lowest BCUT2D eigenvalue weighted by Gasteiger charge is -2.27. The van der Waals surface area contributed by atoms with Crippen molar-refractivity contribution in [2.24, 2.45) is 11.7 Å². The monoisotopic (exact) mass is 472 g/mol. The number of para-hydroxylation sites is 1. The Morgan fingerprint density at radius 3 is 2.60 bits per heavy atom. The molecule has 1 amide bonds. The zero-order valence-electron chi connectivity index (χ0n) is 21.0. The van der Waals surface area contributed by atoms with Gasteiger partial charge in [-0.2, -0.15) is 0 Å². The van der Waals surface area contributed by atoms with Crippen LogP contribution in [0.1, 0.15) is 67.6 Å². The fourth-order valence-corrected chi connectivity index (χ4v) is 6.08. The standard InChI is InChI=1S/C30H40N4O/c1-21-5-4-6-23(17-21)27(18-30(35)33-25-11-9-24(31)10-12-25)28-20-34(19-22-13-15-32-16-14-22)29-8-3-2-7-26(28)29/h2-8,17,20,22,24-25,27,32H,9-16,18-19,31H2,1H3,(H,33,35). The van der Waals surface area contributed by atoms with E-state index in [1.807, 2.05) is 0 Å². The van der Waals surface area contributed by atoms with Gasteiger partial charge in [0.2, 0.25) is 5.91 Å². The van der Waals surface area contributed by atoms with Crippen LogP contribution in [-0.2, 0) is 11.3 Å². The highest BCUT2D eigenvalue weighted by Gasteiger charge is 2.26. The highest BCUT2D eigenvalue weighted by atomic mass is 16.1. The molecule has 5 heteroatoms. The molecule has 1 aliphatic carbocycles. The molecule has 186 valence electrons. The predicted molar refractivity (Wildman–Crippen MR) is 144 cm³/mol. The fourth-order valence-electron chi connectivity index (χ4n) is 6.08. The Morgan fingerprint density at radius 1 is 1.06 bits per heavy atom. The Hall–Kier alpha value is -2.63. The third-order valence-electron chi connectivity index (χ3n) is 8.08. The molecule has 2 aromatic carbocycles. The highest BCUT2D eigenvalue weighted by molar-refractivity contribution is 5.86. The Balaban J connectivity index is 1.45. The second-order valence-corrected chi connectivity index (χ2v) is 10.8. The van der Waals surface area contributed by atoms with Crippen LogP contribution in [-0.4, -0.2) is 35.6 Å². The van der Waals surface area contributed by atoms with Crippen molar-refractivity contribution in [1.29, 1.82) is 0 Å². The molecular weight excluding hydrogens is 432 g/mol. The molecule has 2 fully saturated rings. The lowest BCUT2D eigenvalue weighted by Crippen LogP contribution is -2.40. The fraction of sp³-hybridized carbons (Fsp3) is 0.500. The number of hydrogen-bond acceptors (Lipinski definition) is 3. The summed E-state index contributed by atoms with van der Waals surface area (Å²) < 4.78 is 2.45. The third kappa shape index (κ3) is 5.79. The summed E-state index contributed by atoms with van der Waals surface area (Å²) in [7, 11) is 0. The van der Waals surface area contributed by atoms with E-state index in [-0.39, 0.29) is 23.9 Å². The summed E-state index contributed by atoms with van der Waals surface area (Å²) in [6, 6.07) is 17.9. The molecule has 1 atom stereocenters. The number of fused-ring (bicyclic) bond motifs is 1. The number of hydrogen-bond donors (Lipinski definition) is 3. The summed E-state index contributed by atoms with van der Waals surface area (Å²) in [6.07, 6.45) is 9.20. The smallest absolute Gasteiger partial charge is 0.221 e. The van der Waals surface area contributed by atoms with E-state index in [0.29, 0.717) is 12.3 Å². The van der Waals surface area contributed by atoms with E-state index in [4.69, 9.17) is 5.73 Å². The Morgan fingerprint density at radius 2 is 1.83 bits per heavy atom. The Kier molecular flexibility index (Phi) is 7.54. The molecule has 5 rings (SSSR count). The van der Waals surface area contributed by atoms with Gasteiger partial charge < -0.3 is 20.9 Å².